The third-order valence-electron chi connectivity index (χ3n) is 1.07. The number of carbonyl (C=O) groups excluding carboxylic acids is 1. The van der Waals surface area contributed by atoms with Gasteiger partial charge in [0.2, 0.25) is 0 Å². The van der Waals surface area contributed by atoms with E-state index in [-0.39, 0.29) is 0 Å². The molecule has 19 heavy (non-hydrogen) atoms. The fraction of sp³-hybridized carbons (Fsp3) is 0.0556. The predicted octanol–water partition coefficient (Wildman–Crippen LogP) is 0.232. The van der Waals surface area contributed by atoms with Crippen LogP contribution in [0.1, 0.15) is 6.92 Å². The maximum Gasteiger partial charge on any atom is 0.193 e. The minimum atomic E-state index is 0.456. The molecule has 0 amide bonds. The molecule has 0 saturated carbocycles. The van der Waals surface area contributed by atoms with Gasteiger partial charge in [-0.05, 0) is 95.7 Å². The number of hydrogen-bond donors (Lipinski definition) is 0. The van der Waals surface area contributed by atoms with Gasteiger partial charge in [0.15, 0.2) is 6.29 Å². The van der Waals surface area contributed by atoms with Crippen molar-refractivity contribution in [1.29, 1.82) is 0 Å². The van der Waals surface area contributed by atoms with Crippen molar-refractivity contribution in [1.82, 2.24) is 0 Å². The van der Waals surface area contributed by atoms with E-state index in [1.807, 2.05) is 0 Å². The molecule has 1 heteroatoms. The van der Waals surface area contributed by atoms with Crippen LogP contribution in [0.25, 0.3) is 0 Å². The molecule has 0 aliphatic carbocycles. The molecule has 0 fully saturated rings. The Hall–Kier alpha value is -3.85. The maximum atomic E-state index is 9.80. The van der Waals surface area contributed by atoms with Crippen LogP contribution in [-0.2, 0) is 4.79 Å². The quantitative estimate of drug-likeness (QED) is 0.435. The molecule has 1 nitrogen and oxygen atoms in total. The van der Waals surface area contributed by atoms with Crippen LogP contribution in [0.3, 0.4) is 0 Å². The summed E-state index contributed by atoms with van der Waals surface area (Å²) in [4.78, 5) is 9.80. The molecule has 0 spiro atoms. The molecule has 0 radical (unpaired) electrons. The average Bonchev–Trinajstić information content (AvgIpc) is 2.43. The molecule has 0 aromatic carbocycles. The van der Waals surface area contributed by atoms with Gasteiger partial charge in [-0.15, -0.1) is 0 Å². The molecule has 0 aliphatic rings. The second kappa shape index (κ2) is 14.1. The SMILES string of the molecule is CC#CC#CC#CC#CC#CC#CC#CC#CC=O. The van der Waals surface area contributed by atoms with Gasteiger partial charge in [-0.1, -0.05) is 5.92 Å². The molecule has 0 aromatic rings. The van der Waals surface area contributed by atoms with E-state index in [1.54, 1.807) is 6.92 Å². The lowest BCUT2D eigenvalue weighted by atomic mass is 10.5. The normalized spacial score (nSPS) is 4.05. The second-order valence-electron chi connectivity index (χ2n) is 2.26. The van der Waals surface area contributed by atoms with Crippen molar-refractivity contribution in [2.75, 3.05) is 0 Å². The minimum absolute atomic E-state index is 0.456. The third kappa shape index (κ3) is 14.1. The lowest BCUT2D eigenvalue weighted by molar-refractivity contribution is -0.103. The first kappa shape index (κ1) is 15.1. The largest absolute Gasteiger partial charge is 0.289 e. The zero-order valence-corrected chi connectivity index (χ0v) is 9.99. The number of hydrogen-bond acceptors (Lipinski definition) is 1. The Balaban J connectivity index is 4.30. The first-order valence-corrected chi connectivity index (χ1v) is 4.77. The molecule has 0 rings (SSSR count). The Kier molecular flexibility index (Phi) is 11.3. The summed E-state index contributed by atoms with van der Waals surface area (Å²) in [6.07, 6.45) is 0.456. The first-order chi connectivity index (χ1) is 9.41. The Labute approximate surface area is 113 Å². The molecular formula is C18H4O. The van der Waals surface area contributed by atoms with Gasteiger partial charge in [-0.25, -0.2) is 0 Å². The van der Waals surface area contributed by atoms with Gasteiger partial charge in [0.1, 0.15) is 0 Å². The van der Waals surface area contributed by atoms with Crippen molar-refractivity contribution in [2.24, 2.45) is 0 Å². The second-order valence-corrected chi connectivity index (χ2v) is 2.26. The van der Waals surface area contributed by atoms with Crippen molar-refractivity contribution < 1.29 is 4.79 Å². The Morgan fingerprint density at radius 3 is 1.16 bits per heavy atom. The highest BCUT2D eigenvalue weighted by Crippen LogP contribution is 1.57. The standard InChI is InChI=1S/C18H4O/c1-2-3-4-5-6-7-8-9-10-11-12-13-14-15-16-17-18-19/h18H,1H3. The van der Waals surface area contributed by atoms with Crippen molar-refractivity contribution in [3.63, 3.8) is 0 Å². The number of carbonyl (C=O) groups is 1. The van der Waals surface area contributed by atoms with Crippen LogP contribution in [0.15, 0.2) is 0 Å². The van der Waals surface area contributed by atoms with Gasteiger partial charge in [-0.3, -0.25) is 4.79 Å². The zero-order chi connectivity index (χ0) is 14.0. The summed E-state index contributed by atoms with van der Waals surface area (Å²) >= 11 is 0. The minimum Gasteiger partial charge on any atom is -0.289 e. The number of rotatable bonds is 0. The summed E-state index contributed by atoms with van der Waals surface area (Å²) in [6, 6.07) is 0. The van der Waals surface area contributed by atoms with Gasteiger partial charge < -0.3 is 0 Å². The summed E-state index contributed by atoms with van der Waals surface area (Å²) in [5.74, 6) is 39.1. The zero-order valence-electron chi connectivity index (χ0n) is 9.99. The van der Waals surface area contributed by atoms with Gasteiger partial charge in [0.05, 0.1) is 0 Å². The van der Waals surface area contributed by atoms with Crippen LogP contribution in [0.4, 0.5) is 0 Å². The van der Waals surface area contributed by atoms with Gasteiger partial charge in [-0.2, -0.15) is 0 Å². The topological polar surface area (TPSA) is 17.1 Å². The summed E-state index contributed by atoms with van der Waals surface area (Å²) in [5, 5.41) is 0. The molecular weight excluding hydrogens is 232 g/mol. The fourth-order valence-electron chi connectivity index (χ4n) is 0.503. The van der Waals surface area contributed by atoms with Crippen molar-refractivity contribution in [3.8, 4) is 94.7 Å². The summed E-state index contributed by atoms with van der Waals surface area (Å²) < 4.78 is 0. The Morgan fingerprint density at radius 2 is 0.842 bits per heavy atom. The number of aldehydes is 1. The van der Waals surface area contributed by atoms with E-state index in [1.165, 1.54) is 0 Å². The fourth-order valence-corrected chi connectivity index (χ4v) is 0.503. The van der Waals surface area contributed by atoms with Crippen LogP contribution in [0.2, 0.25) is 0 Å². The van der Waals surface area contributed by atoms with Crippen molar-refractivity contribution >= 4 is 6.29 Å². The van der Waals surface area contributed by atoms with Crippen molar-refractivity contribution in [2.45, 2.75) is 6.92 Å². The van der Waals surface area contributed by atoms with Gasteiger partial charge in [0, 0.05) is 0 Å². The summed E-state index contributed by atoms with van der Waals surface area (Å²) in [6.45, 7) is 1.69. The smallest absolute Gasteiger partial charge is 0.193 e. The van der Waals surface area contributed by atoms with E-state index >= 15 is 0 Å². The molecule has 82 valence electrons. The summed E-state index contributed by atoms with van der Waals surface area (Å²) in [7, 11) is 0. The van der Waals surface area contributed by atoms with E-state index in [4.69, 9.17) is 0 Å². The molecule has 0 aromatic heterocycles. The lowest BCUT2D eigenvalue weighted by Gasteiger charge is -1.56. The third-order valence-corrected chi connectivity index (χ3v) is 1.07. The molecule has 0 atom stereocenters. The molecule has 0 bridgehead atoms. The first-order valence-electron chi connectivity index (χ1n) is 4.77. The van der Waals surface area contributed by atoms with Crippen LogP contribution in [0.5, 0.6) is 0 Å². The molecule has 0 aliphatic heterocycles. The predicted molar refractivity (Wildman–Crippen MR) is 73.9 cm³/mol. The van der Waals surface area contributed by atoms with E-state index in [0.717, 1.165) is 0 Å². The van der Waals surface area contributed by atoms with E-state index in [9.17, 15) is 4.79 Å². The van der Waals surface area contributed by atoms with Gasteiger partial charge >= 0.3 is 0 Å². The monoisotopic (exact) mass is 236 g/mol. The highest BCUT2D eigenvalue weighted by atomic mass is 16.1. The molecule has 0 unspecified atom stereocenters. The van der Waals surface area contributed by atoms with Crippen molar-refractivity contribution in [3.05, 3.63) is 0 Å². The van der Waals surface area contributed by atoms with E-state index in [2.05, 4.69) is 94.7 Å². The molecule has 0 N–H and O–H groups in total. The van der Waals surface area contributed by atoms with Crippen LogP contribution in [-0.4, -0.2) is 6.29 Å². The maximum absolute atomic E-state index is 9.80. The lowest BCUT2D eigenvalue weighted by Crippen LogP contribution is -1.58. The highest BCUT2D eigenvalue weighted by molar-refractivity contribution is 5.73. The average molecular weight is 236 g/mol. The molecule has 0 heterocycles. The van der Waals surface area contributed by atoms with Crippen LogP contribution in [0, 0.1) is 94.7 Å². The summed E-state index contributed by atoms with van der Waals surface area (Å²) in [5.41, 5.74) is 0. The van der Waals surface area contributed by atoms with Gasteiger partial charge in [0.25, 0.3) is 0 Å². The molecule has 0 saturated heterocycles. The van der Waals surface area contributed by atoms with E-state index in [0.29, 0.717) is 6.29 Å². The van der Waals surface area contributed by atoms with Crippen LogP contribution < -0.4 is 0 Å². The Bertz CT molecular complexity index is 824. The highest BCUT2D eigenvalue weighted by Gasteiger charge is 1.58. The Morgan fingerprint density at radius 1 is 0.526 bits per heavy atom. The van der Waals surface area contributed by atoms with Crippen LogP contribution >= 0.6 is 0 Å². The van der Waals surface area contributed by atoms with E-state index < -0.39 is 0 Å².